The highest BCUT2D eigenvalue weighted by Crippen LogP contribution is 2.47. The van der Waals surface area contributed by atoms with Crippen LogP contribution in [0.1, 0.15) is 46.0 Å². The van der Waals surface area contributed by atoms with Gasteiger partial charge in [-0.05, 0) is 65.6 Å². The molecule has 0 saturated heterocycles. The number of non-ortho nitro benzene ring substituents is 1. The molecule has 0 aromatic heterocycles. The van der Waals surface area contributed by atoms with Crippen LogP contribution in [0.25, 0.3) is 0 Å². The van der Waals surface area contributed by atoms with Crippen LogP contribution in [0.15, 0.2) is 103 Å². The molecule has 3 N–H and O–H groups in total. The van der Waals surface area contributed by atoms with E-state index in [4.69, 9.17) is 4.74 Å². The Balaban J connectivity index is 1.21. The zero-order valence-corrected chi connectivity index (χ0v) is 28.2. The summed E-state index contributed by atoms with van der Waals surface area (Å²) in [4.78, 5) is 54.5. The molecule has 0 radical (unpaired) electrons. The van der Waals surface area contributed by atoms with Crippen LogP contribution in [0.5, 0.6) is 5.75 Å². The van der Waals surface area contributed by atoms with Gasteiger partial charge >= 0.3 is 0 Å². The number of amides is 3. The van der Waals surface area contributed by atoms with Gasteiger partial charge in [0.25, 0.3) is 17.5 Å². The Morgan fingerprint density at radius 1 is 1.06 bits per heavy atom. The summed E-state index contributed by atoms with van der Waals surface area (Å²) in [5.41, 5.74) is 1.61. The van der Waals surface area contributed by atoms with E-state index in [2.05, 4.69) is 5.32 Å². The SMILES string of the molecule is COc1ccc(C(=O)Nc2cccc(CN3C(=O)[C@@](O)([C@@H](C)/C=C/CC(=O)N4Cc5ccccc5C[C@H]4CO)c4cc([N+](=O)[O-])ccc43)c2)cc1. The standard InChI is InChI=1S/C39H38N4O8/c1-25(7-5-12-36(45)41-23-29-10-4-3-9-28(29)20-32(41)24-44)39(48)34-21-31(43(49)50)15-18-35(34)42(38(39)47)22-26-8-6-11-30(19-26)40-37(46)27-13-16-33(51-2)17-14-27/h3-11,13-19,21,25,32,44,48H,12,20,22-24H2,1-2H3,(H,40,46)/b7-5+/t25-,32-,39+/m0/s1. The summed E-state index contributed by atoms with van der Waals surface area (Å²) in [6, 6.07) is 24.9. The molecule has 0 spiro atoms. The van der Waals surface area contributed by atoms with Crippen molar-refractivity contribution in [3.63, 3.8) is 0 Å². The number of anilines is 2. The average molecular weight is 691 g/mol. The van der Waals surface area contributed by atoms with Crippen LogP contribution in [-0.2, 0) is 34.7 Å². The number of ether oxygens (including phenoxy) is 1. The number of methoxy groups -OCH3 is 1. The molecule has 12 nitrogen and oxygen atoms in total. The van der Waals surface area contributed by atoms with Gasteiger partial charge < -0.3 is 30.1 Å². The molecule has 2 aliphatic rings. The summed E-state index contributed by atoms with van der Waals surface area (Å²) in [5, 5.41) is 36.7. The van der Waals surface area contributed by atoms with Crippen LogP contribution in [0.3, 0.4) is 0 Å². The van der Waals surface area contributed by atoms with Crippen molar-refractivity contribution in [2.75, 3.05) is 23.9 Å². The average Bonchev–Trinajstić information content (AvgIpc) is 3.36. The predicted molar refractivity (Wildman–Crippen MR) is 190 cm³/mol. The molecule has 12 heteroatoms. The second-order valence-corrected chi connectivity index (χ2v) is 12.8. The van der Waals surface area contributed by atoms with Crippen LogP contribution in [0, 0.1) is 16.0 Å². The second kappa shape index (κ2) is 14.6. The van der Waals surface area contributed by atoms with E-state index >= 15 is 0 Å². The number of hydrogen-bond donors (Lipinski definition) is 3. The molecular formula is C39H38N4O8. The van der Waals surface area contributed by atoms with Crippen LogP contribution >= 0.6 is 0 Å². The molecule has 6 rings (SSSR count). The number of nitrogens with zero attached hydrogens (tertiary/aromatic N) is 3. The van der Waals surface area contributed by atoms with Gasteiger partial charge in [0.1, 0.15) is 5.75 Å². The number of fused-ring (bicyclic) bond motifs is 2. The monoisotopic (exact) mass is 690 g/mol. The Morgan fingerprint density at radius 3 is 2.51 bits per heavy atom. The first-order valence-corrected chi connectivity index (χ1v) is 16.5. The van der Waals surface area contributed by atoms with Crippen LogP contribution in [0.4, 0.5) is 17.1 Å². The van der Waals surface area contributed by atoms with E-state index in [1.54, 1.807) is 72.5 Å². The van der Waals surface area contributed by atoms with Crippen molar-refractivity contribution >= 4 is 34.8 Å². The van der Waals surface area contributed by atoms with Gasteiger partial charge in [0.15, 0.2) is 5.60 Å². The van der Waals surface area contributed by atoms with E-state index in [0.29, 0.717) is 41.2 Å². The van der Waals surface area contributed by atoms with Gasteiger partial charge in [-0.25, -0.2) is 0 Å². The molecule has 2 aliphatic heterocycles. The molecule has 0 aliphatic carbocycles. The van der Waals surface area contributed by atoms with Crippen molar-refractivity contribution in [3.8, 4) is 5.75 Å². The molecular weight excluding hydrogens is 652 g/mol. The van der Waals surface area contributed by atoms with Crippen LogP contribution < -0.4 is 15.0 Å². The molecule has 51 heavy (non-hydrogen) atoms. The molecule has 4 aromatic rings. The molecule has 262 valence electrons. The van der Waals surface area contributed by atoms with E-state index in [1.165, 1.54) is 30.2 Å². The highest BCUT2D eigenvalue weighted by molar-refractivity contribution is 6.07. The maximum atomic E-state index is 14.1. The summed E-state index contributed by atoms with van der Waals surface area (Å²) >= 11 is 0. The minimum absolute atomic E-state index is 0.00605. The number of hydrogen-bond acceptors (Lipinski definition) is 8. The molecule has 0 unspecified atom stereocenters. The Morgan fingerprint density at radius 2 is 1.80 bits per heavy atom. The number of aliphatic hydroxyl groups excluding tert-OH is 1. The lowest BCUT2D eigenvalue weighted by atomic mass is 9.82. The number of carbonyl (C=O) groups excluding carboxylic acids is 3. The molecule has 0 fully saturated rings. The van der Waals surface area contributed by atoms with Crippen LogP contribution in [-0.4, -0.2) is 57.5 Å². The van der Waals surface area contributed by atoms with Gasteiger partial charge in [-0.3, -0.25) is 24.5 Å². The fraction of sp³-hybridized carbons (Fsp3) is 0.256. The van der Waals surface area contributed by atoms with Crippen molar-refractivity contribution in [3.05, 3.63) is 141 Å². The van der Waals surface area contributed by atoms with Crippen LogP contribution in [0.2, 0.25) is 0 Å². The van der Waals surface area contributed by atoms with E-state index in [0.717, 1.165) is 11.1 Å². The van der Waals surface area contributed by atoms with Crippen molar-refractivity contribution < 1.29 is 34.3 Å². The topological polar surface area (TPSA) is 163 Å². The number of nitro benzene ring substituents is 1. The Hall–Kier alpha value is -5.85. The normalized spacial score (nSPS) is 18.7. The van der Waals surface area contributed by atoms with E-state index < -0.39 is 22.3 Å². The van der Waals surface area contributed by atoms with Gasteiger partial charge in [-0.2, -0.15) is 0 Å². The quantitative estimate of drug-likeness (QED) is 0.111. The maximum absolute atomic E-state index is 14.1. The highest BCUT2D eigenvalue weighted by atomic mass is 16.6. The Kier molecular flexibility index (Phi) is 9.99. The lowest BCUT2D eigenvalue weighted by molar-refractivity contribution is -0.385. The lowest BCUT2D eigenvalue weighted by Crippen LogP contribution is -2.46. The number of aliphatic hydroxyl groups is 2. The van der Waals surface area contributed by atoms with Crippen molar-refractivity contribution in [2.24, 2.45) is 5.92 Å². The fourth-order valence-corrected chi connectivity index (χ4v) is 6.75. The Labute approximate surface area is 294 Å². The van der Waals surface area contributed by atoms with E-state index in [1.807, 2.05) is 24.3 Å². The molecule has 0 saturated carbocycles. The zero-order valence-electron chi connectivity index (χ0n) is 28.2. The smallest absolute Gasteiger partial charge is 0.269 e. The molecule has 3 atom stereocenters. The van der Waals surface area contributed by atoms with Crippen molar-refractivity contribution in [2.45, 2.75) is 44.5 Å². The fourth-order valence-electron chi connectivity index (χ4n) is 6.75. The third-order valence-corrected chi connectivity index (χ3v) is 9.60. The van der Waals surface area contributed by atoms with Gasteiger partial charge in [-0.1, -0.05) is 55.5 Å². The molecule has 0 bridgehead atoms. The summed E-state index contributed by atoms with van der Waals surface area (Å²) in [5.74, 6) is -1.49. The number of benzene rings is 4. The maximum Gasteiger partial charge on any atom is 0.269 e. The van der Waals surface area contributed by atoms with Gasteiger partial charge in [0.05, 0.1) is 36.9 Å². The van der Waals surface area contributed by atoms with Crippen molar-refractivity contribution in [1.82, 2.24) is 4.90 Å². The number of carbonyl (C=O) groups is 3. The molecule has 4 aromatic carbocycles. The number of nitro groups is 1. The molecule has 2 heterocycles. The van der Waals surface area contributed by atoms with Gasteiger partial charge in [0.2, 0.25) is 5.91 Å². The first kappa shape index (κ1) is 35.0. The zero-order chi connectivity index (χ0) is 36.3. The first-order valence-electron chi connectivity index (χ1n) is 16.5. The first-order chi connectivity index (χ1) is 24.5. The van der Waals surface area contributed by atoms with Gasteiger partial charge in [-0.15, -0.1) is 0 Å². The third kappa shape index (κ3) is 6.96. The second-order valence-electron chi connectivity index (χ2n) is 12.8. The summed E-state index contributed by atoms with van der Waals surface area (Å²) in [6.45, 7) is 1.81. The minimum Gasteiger partial charge on any atom is -0.497 e. The van der Waals surface area contributed by atoms with E-state index in [9.17, 15) is 34.7 Å². The highest BCUT2D eigenvalue weighted by Gasteiger charge is 2.53. The predicted octanol–water partition coefficient (Wildman–Crippen LogP) is 5.12. The summed E-state index contributed by atoms with van der Waals surface area (Å²) < 4.78 is 5.15. The van der Waals surface area contributed by atoms with Gasteiger partial charge in [0, 0.05) is 47.8 Å². The molecule has 3 amide bonds. The van der Waals surface area contributed by atoms with Crippen molar-refractivity contribution in [1.29, 1.82) is 0 Å². The minimum atomic E-state index is -2.17. The number of nitrogens with one attached hydrogen (secondary N) is 1. The summed E-state index contributed by atoms with van der Waals surface area (Å²) in [7, 11) is 1.54. The van der Waals surface area contributed by atoms with E-state index in [-0.39, 0.29) is 48.7 Å². The Bertz CT molecular complexity index is 2010. The largest absolute Gasteiger partial charge is 0.497 e. The summed E-state index contributed by atoms with van der Waals surface area (Å²) in [6.07, 6.45) is 3.66. The number of rotatable bonds is 11. The third-order valence-electron chi connectivity index (χ3n) is 9.60. The lowest BCUT2D eigenvalue weighted by Gasteiger charge is -2.36.